The largest absolute Gasteiger partial charge is 0.296 e. The van der Waals surface area contributed by atoms with Gasteiger partial charge in [0.25, 0.3) is 0 Å². The Hall–Kier alpha value is -2.20. The first-order chi connectivity index (χ1) is 13.4. The Bertz CT molecular complexity index is 1010. The van der Waals surface area contributed by atoms with Crippen molar-refractivity contribution in [3.8, 4) is 0 Å². The highest BCUT2D eigenvalue weighted by Crippen LogP contribution is 2.41. The third kappa shape index (κ3) is 4.12. The Kier molecular flexibility index (Phi) is 6.19. The van der Waals surface area contributed by atoms with E-state index in [9.17, 15) is 13.0 Å². The molecule has 146 valence electrons. The molecule has 0 saturated carbocycles. The monoisotopic (exact) mass is 413 g/mol. The van der Waals surface area contributed by atoms with Crippen molar-refractivity contribution in [2.75, 3.05) is 0 Å². The Labute approximate surface area is 167 Å². The van der Waals surface area contributed by atoms with Gasteiger partial charge in [0.2, 0.25) is 7.29 Å². The molecule has 3 aromatic rings. The zero-order valence-corrected chi connectivity index (χ0v) is 17.6. The Morgan fingerprint density at radius 2 is 1.11 bits per heavy atom. The van der Waals surface area contributed by atoms with Crippen LogP contribution in [0.4, 0.5) is 0 Å². The minimum absolute atomic E-state index is 0.217. The van der Waals surface area contributed by atoms with Gasteiger partial charge in [0, 0.05) is 10.6 Å². The molecule has 0 bridgehead atoms. The molecule has 4 nitrogen and oxygen atoms in total. The van der Waals surface area contributed by atoms with Crippen molar-refractivity contribution in [3.63, 3.8) is 0 Å². The molecule has 6 heteroatoms. The Balaban J connectivity index is 2.12. The van der Waals surface area contributed by atoms with E-state index < -0.39 is 22.5 Å². The molecule has 1 unspecified atom stereocenters. The molecule has 3 aromatic carbocycles. The first-order valence-electron chi connectivity index (χ1n) is 9.14. The van der Waals surface area contributed by atoms with E-state index in [0.29, 0.717) is 10.6 Å². The van der Waals surface area contributed by atoms with Gasteiger partial charge < -0.3 is 0 Å². The van der Waals surface area contributed by atoms with Crippen molar-refractivity contribution in [2.45, 2.75) is 24.1 Å². The molecule has 0 aliphatic rings. The van der Waals surface area contributed by atoms with Gasteiger partial charge >= 0.3 is 0 Å². The molecule has 0 amide bonds. The van der Waals surface area contributed by atoms with Crippen LogP contribution in [0.3, 0.4) is 0 Å². The van der Waals surface area contributed by atoms with Crippen LogP contribution in [-0.2, 0) is 14.4 Å². The fourth-order valence-electron chi connectivity index (χ4n) is 3.09. The molecular formula is C22H24NO3PS. The first kappa shape index (κ1) is 20.5. The van der Waals surface area contributed by atoms with Crippen LogP contribution in [0.5, 0.6) is 0 Å². The number of hydrogen-bond acceptors (Lipinski definition) is 3. The fourth-order valence-corrected chi connectivity index (χ4v) is 8.07. The third-order valence-electron chi connectivity index (χ3n) is 4.56. The average Bonchev–Trinajstić information content (AvgIpc) is 2.73. The van der Waals surface area contributed by atoms with Gasteiger partial charge in [0.1, 0.15) is 5.37 Å². The van der Waals surface area contributed by atoms with Gasteiger partial charge in [0.05, 0.1) is 4.90 Å². The fraction of sp³-hybridized carbons (Fsp3) is 0.182. The second-order valence-electron chi connectivity index (χ2n) is 6.93. The molecule has 0 aliphatic heterocycles. The van der Waals surface area contributed by atoms with E-state index in [1.807, 2.05) is 50.2 Å². The SMILES string of the molecule is CC(C)C(NP(=O)(c1ccccc1)c1ccccc1)S(=O)(=O)c1ccccc1. The molecular weight excluding hydrogens is 389 g/mol. The van der Waals surface area contributed by atoms with Crippen molar-refractivity contribution in [2.24, 2.45) is 5.92 Å². The van der Waals surface area contributed by atoms with Gasteiger partial charge in [-0.3, -0.25) is 4.57 Å². The molecule has 0 aliphatic carbocycles. The smallest absolute Gasteiger partial charge is 0.205 e. The van der Waals surface area contributed by atoms with Crippen LogP contribution in [0.2, 0.25) is 0 Å². The third-order valence-corrected chi connectivity index (χ3v) is 9.69. The van der Waals surface area contributed by atoms with Crippen molar-refractivity contribution >= 4 is 27.7 Å². The van der Waals surface area contributed by atoms with E-state index >= 15 is 0 Å². The lowest BCUT2D eigenvalue weighted by atomic mass is 10.2. The molecule has 1 N–H and O–H groups in total. The maximum Gasteiger partial charge on any atom is 0.205 e. The summed E-state index contributed by atoms with van der Waals surface area (Å²) in [6, 6.07) is 26.3. The number of sulfone groups is 1. The summed E-state index contributed by atoms with van der Waals surface area (Å²) in [6.07, 6.45) is 0. The van der Waals surface area contributed by atoms with Gasteiger partial charge in [-0.1, -0.05) is 68.4 Å². The van der Waals surface area contributed by atoms with Crippen molar-refractivity contribution < 1.29 is 13.0 Å². The summed E-state index contributed by atoms with van der Waals surface area (Å²) in [6.45, 7) is 3.64. The minimum Gasteiger partial charge on any atom is -0.296 e. The van der Waals surface area contributed by atoms with Crippen LogP contribution >= 0.6 is 7.29 Å². The lowest BCUT2D eigenvalue weighted by Crippen LogP contribution is -2.43. The van der Waals surface area contributed by atoms with Gasteiger partial charge in [-0.25, -0.2) is 13.5 Å². The van der Waals surface area contributed by atoms with Gasteiger partial charge in [-0.05, 0) is 42.3 Å². The maximum absolute atomic E-state index is 14.2. The summed E-state index contributed by atoms with van der Waals surface area (Å²) in [5, 5.41) is 3.23. The normalized spacial score (nSPS) is 13.4. The zero-order chi connectivity index (χ0) is 20.2. The standard InChI is InChI=1S/C22H24NO3PS/c1-18(2)22(28(25,26)21-16-10-5-11-17-21)23-27(24,19-12-6-3-7-13-19)20-14-8-4-9-15-20/h3-18,22H,1-2H3,(H,23,24). The zero-order valence-electron chi connectivity index (χ0n) is 15.9. The molecule has 28 heavy (non-hydrogen) atoms. The second kappa shape index (κ2) is 8.44. The molecule has 0 aromatic heterocycles. The highest BCUT2D eigenvalue weighted by molar-refractivity contribution is 7.92. The molecule has 0 fully saturated rings. The van der Waals surface area contributed by atoms with Crippen LogP contribution in [-0.4, -0.2) is 13.8 Å². The number of benzene rings is 3. The molecule has 1 atom stereocenters. The van der Waals surface area contributed by atoms with Gasteiger partial charge in [-0.15, -0.1) is 0 Å². The Morgan fingerprint density at radius 1 is 0.714 bits per heavy atom. The Morgan fingerprint density at radius 3 is 1.50 bits per heavy atom. The van der Waals surface area contributed by atoms with E-state index in [0.717, 1.165) is 0 Å². The number of rotatable bonds is 7. The number of hydrogen-bond donors (Lipinski definition) is 1. The van der Waals surface area contributed by atoms with Crippen LogP contribution < -0.4 is 15.7 Å². The molecule has 3 rings (SSSR count). The van der Waals surface area contributed by atoms with Crippen molar-refractivity contribution in [1.29, 1.82) is 0 Å². The van der Waals surface area contributed by atoms with Crippen LogP contribution in [0.1, 0.15) is 13.8 Å². The van der Waals surface area contributed by atoms with E-state index in [2.05, 4.69) is 5.09 Å². The van der Waals surface area contributed by atoms with Gasteiger partial charge in [0.15, 0.2) is 9.84 Å². The van der Waals surface area contributed by atoms with E-state index in [4.69, 9.17) is 0 Å². The predicted octanol–water partition coefficient (Wildman–Crippen LogP) is 3.96. The van der Waals surface area contributed by atoms with Gasteiger partial charge in [-0.2, -0.15) is 0 Å². The lowest BCUT2D eigenvalue weighted by Gasteiger charge is -2.29. The topological polar surface area (TPSA) is 63.2 Å². The molecule has 0 radical (unpaired) electrons. The molecule has 0 spiro atoms. The molecule has 0 heterocycles. The highest BCUT2D eigenvalue weighted by Gasteiger charge is 2.38. The summed E-state index contributed by atoms with van der Waals surface area (Å²) < 4.78 is 40.9. The van der Waals surface area contributed by atoms with E-state index in [1.54, 1.807) is 54.6 Å². The van der Waals surface area contributed by atoms with Crippen LogP contribution in [0, 0.1) is 5.92 Å². The number of nitrogens with one attached hydrogen (secondary N) is 1. The van der Waals surface area contributed by atoms with Crippen molar-refractivity contribution in [1.82, 2.24) is 5.09 Å². The van der Waals surface area contributed by atoms with E-state index in [1.165, 1.54) is 0 Å². The summed E-state index contributed by atoms with van der Waals surface area (Å²) in [5.41, 5.74) is 0. The lowest BCUT2D eigenvalue weighted by molar-refractivity contribution is 0.507. The van der Waals surface area contributed by atoms with E-state index in [-0.39, 0.29) is 10.8 Å². The minimum atomic E-state index is -3.73. The summed E-state index contributed by atoms with van der Waals surface area (Å²) in [7, 11) is -7.11. The highest BCUT2D eigenvalue weighted by atomic mass is 32.2. The maximum atomic E-state index is 14.2. The van der Waals surface area contributed by atoms with Crippen LogP contribution in [0.15, 0.2) is 95.9 Å². The molecule has 0 saturated heterocycles. The quantitative estimate of drug-likeness (QED) is 0.596. The summed E-state index contributed by atoms with van der Waals surface area (Å²) >= 11 is 0. The first-order valence-corrected chi connectivity index (χ1v) is 12.4. The summed E-state index contributed by atoms with van der Waals surface area (Å²) in [5.74, 6) is -0.286. The second-order valence-corrected chi connectivity index (χ2v) is 11.5. The van der Waals surface area contributed by atoms with Crippen LogP contribution in [0.25, 0.3) is 0 Å². The predicted molar refractivity (Wildman–Crippen MR) is 115 cm³/mol. The van der Waals surface area contributed by atoms with Crippen molar-refractivity contribution in [3.05, 3.63) is 91.0 Å². The summed E-state index contributed by atoms with van der Waals surface area (Å²) in [4.78, 5) is 0.217. The average molecular weight is 413 g/mol.